The molecule has 0 aliphatic carbocycles. The van der Waals surface area contributed by atoms with Crippen molar-refractivity contribution in [1.29, 1.82) is 0 Å². The molecule has 0 bridgehead atoms. The average Bonchev–Trinajstić information content (AvgIpc) is 2.14. The van der Waals surface area contributed by atoms with Crippen LogP contribution < -0.4 is 0 Å². The van der Waals surface area contributed by atoms with Crippen molar-refractivity contribution in [2.24, 2.45) is 0 Å². The van der Waals surface area contributed by atoms with Gasteiger partial charge >= 0.3 is 0 Å². The molecule has 1 aliphatic rings. The van der Waals surface area contributed by atoms with E-state index >= 15 is 0 Å². The van der Waals surface area contributed by atoms with Crippen LogP contribution in [0.3, 0.4) is 0 Å². The van der Waals surface area contributed by atoms with Gasteiger partial charge in [-0.3, -0.25) is 0 Å². The number of hydrogen-bond acceptors (Lipinski definition) is 0. The molecule has 0 radical (unpaired) electrons. The van der Waals surface area contributed by atoms with Crippen molar-refractivity contribution in [3.8, 4) is 0 Å². The Hall–Kier alpha value is 2.81. The number of rotatable bonds is 3. The summed E-state index contributed by atoms with van der Waals surface area (Å²) < 4.78 is 0. The van der Waals surface area contributed by atoms with Gasteiger partial charge in [0.2, 0.25) is 0 Å². The highest BCUT2D eigenvalue weighted by Gasteiger charge is 2.60. The van der Waals surface area contributed by atoms with Gasteiger partial charge in [-0.25, -0.2) is 0 Å². The minimum atomic E-state index is -1.68. The van der Waals surface area contributed by atoms with Crippen LogP contribution >= 0.6 is 55.6 Å². The lowest BCUT2D eigenvalue weighted by molar-refractivity contribution is 1.60. The smallest absolute Gasteiger partial charge is 0.161 e. The first-order valence-corrected chi connectivity index (χ1v) is 25.6. The maximum absolute atomic E-state index is 7.16. The molecule has 0 N–H and O–H groups in total. The third-order valence-corrected chi connectivity index (χ3v) is 61.1. The van der Waals surface area contributed by atoms with E-state index in [2.05, 4.69) is 40.0 Å². The van der Waals surface area contributed by atoms with Crippen LogP contribution in [-0.4, -0.2) is 61.1 Å². The van der Waals surface area contributed by atoms with Gasteiger partial charge in [0.1, 0.15) is 0 Å². The first-order chi connectivity index (χ1) is 7.95. The molecule has 1 rings (SSSR count). The van der Waals surface area contributed by atoms with E-state index in [4.69, 9.17) is 33.2 Å². The molecule has 1 fully saturated rings. The summed E-state index contributed by atoms with van der Waals surface area (Å²) in [5.41, 5.74) is 3.68. The van der Waals surface area contributed by atoms with Gasteiger partial charge in [0.25, 0.3) is 0 Å². The van der Waals surface area contributed by atoms with Gasteiger partial charge in [-0.15, -0.1) is 22.4 Å². The quantitative estimate of drug-likeness (QED) is 0.306. The summed E-state index contributed by atoms with van der Waals surface area (Å²) in [5, 5.41) is 0. The number of hydrogen-bond donors (Lipinski definition) is 0. The molecule has 0 nitrogen and oxygen atoms in total. The molecule has 18 heavy (non-hydrogen) atoms. The van der Waals surface area contributed by atoms with E-state index in [-0.39, 0.29) is 22.4 Å². The third-order valence-electron chi connectivity index (χ3n) is 4.03. The topological polar surface area (TPSA) is 0 Å². The standard InChI is InChI=1S/C9H24Cl3P3Si3/c1-13(2)16(10)7-17(11,14(3)4)9-18(12,8-16)15(5)6/h7-9H2,1-6H3. The van der Waals surface area contributed by atoms with E-state index in [0.717, 1.165) is 0 Å². The first-order valence-electron chi connectivity index (χ1n) is 6.04. The Balaban J connectivity index is 3.16. The fourth-order valence-corrected chi connectivity index (χ4v) is 79.0. The molecule has 108 valence electrons. The lowest BCUT2D eigenvalue weighted by atomic mass is 11.8. The van der Waals surface area contributed by atoms with Crippen LogP contribution in [0.25, 0.3) is 0 Å². The summed E-state index contributed by atoms with van der Waals surface area (Å²) >= 11 is 21.5. The highest BCUT2D eigenvalue weighted by Crippen LogP contribution is 2.68. The molecule has 9 heteroatoms. The Morgan fingerprint density at radius 2 is 0.722 bits per heavy atom. The monoisotopic (exact) mass is 414 g/mol. The van der Waals surface area contributed by atoms with Crippen LogP contribution in [0.4, 0.5) is 0 Å². The Kier molecular flexibility index (Phi) is 6.82. The van der Waals surface area contributed by atoms with Crippen molar-refractivity contribution in [2.45, 2.75) is 17.0 Å². The van der Waals surface area contributed by atoms with Crippen LogP contribution in [0.2, 0.25) is 17.0 Å². The first kappa shape index (κ1) is 18.9. The Morgan fingerprint density at radius 3 is 0.833 bits per heavy atom. The number of halogens is 3. The Labute approximate surface area is 133 Å². The van der Waals surface area contributed by atoms with Gasteiger partial charge in [0.15, 0.2) is 21.2 Å². The van der Waals surface area contributed by atoms with Crippen molar-refractivity contribution >= 4 is 76.8 Å². The molecule has 0 aromatic carbocycles. The molecule has 1 aliphatic heterocycles. The fraction of sp³-hybridized carbons (Fsp3) is 1.00. The molecule has 0 atom stereocenters. The van der Waals surface area contributed by atoms with E-state index in [1.807, 2.05) is 0 Å². The zero-order chi connectivity index (χ0) is 14.4. The minimum absolute atomic E-state index is 0.0415. The molecule has 0 amide bonds. The SMILES string of the molecule is CP(C)[Si]1(Cl)C[Si](Cl)(P(C)C)C[Si](Cl)(P(C)C)C1. The second kappa shape index (κ2) is 6.51. The molecule has 0 aromatic heterocycles. The molecular weight excluding hydrogens is 392 g/mol. The van der Waals surface area contributed by atoms with Gasteiger partial charge in [0, 0.05) is 0 Å². The van der Waals surface area contributed by atoms with Gasteiger partial charge < -0.3 is 0 Å². The van der Waals surface area contributed by atoms with Crippen LogP contribution in [0.15, 0.2) is 0 Å². The van der Waals surface area contributed by atoms with Gasteiger partial charge in [-0.2, -0.15) is 33.2 Å². The predicted molar refractivity (Wildman–Crippen MR) is 106 cm³/mol. The van der Waals surface area contributed by atoms with E-state index < -0.39 is 21.2 Å². The van der Waals surface area contributed by atoms with Crippen LogP contribution in [0, 0.1) is 0 Å². The maximum atomic E-state index is 7.16. The summed E-state index contributed by atoms with van der Waals surface area (Å²) in [6, 6.07) is 0. The minimum Gasteiger partial charge on any atom is -0.161 e. The van der Waals surface area contributed by atoms with Crippen molar-refractivity contribution < 1.29 is 0 Å². The molecule has 0 aromatic rings. The van der Waals surface area contributed by atoms with Crippen molar-refractivity contribution in [1.82, 2.24) is 0 Å². The van der Waals surface area contributed by atoms with Gasteiger partial charge in [-0.05, 0) is 57.0 Å². The molecule has 1 saturated heterocycles. The molecule has 0 saturated carbocycles. The normalized spacial score (nSPS) is 42.0. The van der Waals surface area contributed by atoms with Crippen LogP contribution in [0.5, 0.6) is 0 Å². The zero-order valence-corrected chi connectivity index (χ0v) is 20.0. The van der Waals surface area contributed by atoms with Gasteiger partial charge in [0.05, 0.1) is 0 Å². The second-order valence-electron chi connectivity index (χ2n) is 5.97. The zero-order valence-electron chi connectivity index (χ0n) is 12.1. The largest absolute Gasteiger partial charge is 0.179 e. The third kappa shape index (κ3) is 3.96. The van der Waals surface area contributed by atoms with E-state index in [0.29, 0.717) is 0 Å². The second-order valence-corrected chi connectivity index (χ2v) is 45.7. The Morgan fingerprint density at radius 1 is 0.556 bits per heavy atom. The summed E-state index contributed by atoms with van der Waals surface area (Å²) in [6.07, 6.45) is 0. The predicted octanol–water partition coefficient (Wildman–Crippen LogP) is 5.89. The average molecular weight is 416 g/mol. The van der Waals surface area contributed by atoms with E-state index in [1.165, 1.54) is 17.0 Å². The molecule has 1 heterocycles. The fourth-order valence-electron chi connectivity index (χ4n) is 2.38. The summed E-state index contributed by atoms with van der Waals surface area (Å²) in [5.74, 6) is 0. The molecule has 0 spiro atoms. The van der Waals surface area contributed by atoms with Crippen LogP contribution in [0.1, 0.15) is 0 Å². The Bertz CT molecular complexity index is 261. The van der Waals surface area contributed by atoms with Crippen molar-refractivity contribution in [3.63, 3.8) is 0 Å². The van der Waals surface area contributed by atoms with E-state index in [1.54, 1.807) is 0 Å². The summed E-state index contributed by atoms with van der Waals surface area (Å²) in [4.78, 5) is 0. The van der Waals surface area contributed by atoms with E-state index in [9.17, 15) is 0 Å². The summed E-state index contributed by atoms with van der Waals surface area (Å²) in [7, 11) is -5.17. The molecular formula is C9H24Cl3P3Si3. The van der Waals surface area contributed by atoms with Crippen molar-refractivity contribution in [2.75, 3.05) is 40.0 Å². The lowest BCUT2D eigenvalue weighted by Crippen LogP contribution is -2.54. The van der Waals surface area contributed by atoms with Crippen LogP contribution in [-0.2, 0) is 0 Å². The maximum Gasteiger partial charge on any atom is 0.179 e. The highest BCUT2D eigenvalue weighted by atomic mass is 35.6. The van der Waals surface area contributed by atoms with Gasteiger partial charge in [-0.1, -0.05) is 0 Å². The van der Waals surface area contributed by atoms with Crippen molar-refractivity contribution in [3.05, 3.63) is 0 Å². The highest BCUT2D eigenvalue weighted by molar-refractivity contribution is 8.14. The molecule has 0 unspecified atom stereocenters. The lowest BCUT2D eigenvalue weighted by Gasteiger charge is -2.50. The summed E-state index contributed by atoms with van der Waals surface area (Å²) in [6.45, 7) is 14.2.